The predicted octanol–water partition coefficient (Wildman–Crippen LogP) is 3.78. The SMILES string of the molecule is CCC1CN(CC(=O)Nc2nc(C)cs2)c2ccccc2S1. The van der Waals surface area contributed by atoms with Gasteiger partial charge in [-0.2, -0.15) is 0 Å². The van der Waals surface area contributed by atoms with E-state index in [1.165, 1.54) is 16.2 Å². The number of carbonyl (C=O) groups is 1. The second-order valence-corrected chi connectivity index (χ2v) is 7.54. The van der Waals surface area contributed by atoms with E-state index in [2.05, 4.69) is 40.3 Å². The molecule has 0 saturated heterocycles. The van der Waals surface area contributed by atoms with Gasteiger partial charge in [0.1, 0.15) is 0 Å². The van der Waals surface area contributed by atoms with Crippen LogP contribution in [0.4, 0.5) is 10.8 Å². The fraction of sp³-hybridized carbons (Fsp3) is 0.375. The van der Waals surface area contributed by atoms with Crippen LogP contribution in [-0.2, 0) is 4.79 Å². The highest BCUT2D eigenvalue weighted by molar-refractivity contribution is 8.00. The Bertz CT molecular complexity index is 671. The predicted molar refractivity (Wildman–Crippen MR) is 94.1 cm³/mol. The summed E-state index contributed by atoms with van der Waals surface area (Å²) in [6.07, 6.45) is 1.10. The Morgan fingerprint density at radius 3 is 3.00 bits per heavy atom. The molecule has 6 heteroatoms. The molecule has 0 spiro atoms. The van der Waals surface area contributed by atoms with E-state index in [0.29, 0.717) is 16.9 Å². The molecule has 3 rings (SSSR count). The summed E-state index contributed by atoms with van der Waals surface area (Å²) < 4.78 is 0. The first-order valence-corrected chi connectivity index (χ1v) is 9.14. The number of benzene rings is 1. The van der Waals surface area contributed by atoms with Crippen LogP contribution in [0.3, 0.4) is 0 Å². The lowest BCUT2D eigenvalue weighted by Crippen LogP contribution is -2.40. The Balaban J connectivity index is 1.72. The minimum atomic E-state index is -0.00842. The lowest BCUT2D eigenvalue weighted by atomic mass is 10.2. The van der Waals surface area contributed by atoms with Gasteiger partial charge in [-0.05, 0) is 25.5 Å². The van der Waals surface area contributed by atoms with Crippen LogP contribution in [0.1, 0.15) is 19.0 Å². The Morgan fingerprint density at radius 1 is 1.45 bits per heavy atom. The average molecular weight is 333 g/mol. The number of aryl methyl sites for hydroxylation is 1. The third-order valence-corrected chi connectivity index (χ3v) is 5.87. The van der Waals surface area contributed by atoms with Crippen LogP contribution in [0, 0.1) is 6.92 Å². The molecule has 1 atom stereocenters. The van der Waals surface area contributed by atoms with Gasteiger partial charge in [-0.3, -0.25) is 4.79 Å². The molecular formula is C16H19N3OS2. The molecule has 1 unspecified atom stereocenters. The van der Waals surface area contributed by atoms with Gasteiger partial charge >= 0.3 is 0 Å². The van der Waals surface area contributed by atoms with E-state index in [9.17, 15) is 4.79 Å². The van der Waals surface area contributed by atoms with Crippen molar-refractivity contribution in [1.29, 1.82) is 0 Å². The largest absolute Gasteiger partial charge is 0.360 e. The van der Waals surface area contributed by atoms with Crippen LogP contribution in [-0.4, -0.2) is 29.2 Å². The lowest BCUT2D eigenvalue weighted by molar-refractivity contribution is -0.115. The van der Waals surface area contributed by atoms with Crippen LogP contribution < -0.4 is 10.2 Å². The number of nitrogens with one attached hydrogen (secondary N) is 1. The molecule has 1 aliphatic rings. The molecule has 1 amide bonds. The number of rotatable bonds is 4. The fourth-order valence-electron chi connectivity index (χ4n) is 2.48. The van der Waals surface area contributed by atoms with E-state index in [1.807, 2.05) is 30.1 Å². The Morgan fingerprint density at radius 2 is 2.27 bits per heavy atom. The number of hydrogen-bond donors (Lipinski definition) is 1. The van der Waals surface area contributed by atoms with Crippen molar-refractivity contribution in [3.05, 3.63) is 35.3 Å². The number of hydrogen-bond acceptors (Lipinski definition) is 5. The second-order valence-electron chi connectivity index (χ2n) is 5.34. The Hall–Kier alpha value is -1.53. The summed E-state index contributed by atoms with van der Waals surface area (Å²) >= 11 is 3.38. The first-order valence-electron chi connectivity index (χ1n) is 7.38. The highest BCUT2D eigenvalue weighted by atomic mass is 32.2. The highest BCUT2D eigenvalue weighted by Crippen LogP contribution is 2.39. The average Bonchev–Trinajstić information content (AvgIpc) is 2.92. The van der Waals surface area contributed by atoms with E-state index in [4.69, 9.17) is 0 Å². The van der Waals surface area contributed by atoms with Crippen LogP contribution >= 0.6 is 23.1 Å². The summed E-state index contributed by atoms with van der Waals surface area (Å²) in [6.45, 7) is 5.40. The molecule has 0 fully saturated rings. The molecule has 0 aliphatic carbocycles. The minimum absolute atomic E-state index is 0.00842. The van der Waals surface area contributed by atoms with Crippen LogP contribution in [0.15, 0.2) is 34.5 Å². The standard InChI is InChI=1S/C16H19N3OS2/c1-3-12-8-19(13-6-4-5-7-14(13)22-12)9-15(20)18-16-17-11(2)10-21-16/h4-7,10,12H,3,8-9H2,1-2H3,(H,17,18,20). The number of thiazole rings is 1. The Labute approximate surface area is 138 Å². The topological polar surface area (TPSA) is 45.2 Å². The van der Waals surface area contributed by atoms with Crippen molar-refractivity contribution in [2.75, 3.05) is 23.3 Å². The third kappa shape index (κ3) is 3.44. The van der Waals surface area contributed by atoms with Crippen LogP contribution in [0.2, 0.25) is 0 Å². The van der Waals surface area contributed by atoms with E-state index < -0.39 is 0 Å². The zero-order chi connectivity index (χ0) is 15.5. The molecule has 0 saturated carbocycles. The molecule has 1 aliphatic heterocycles. The molecule has 1 N–H and O–H groups in total. The van der Waals surface area contributed by atoms with Crippen molar-refractivity contribution in [3.8, 4) is 0 Å². The van der Waals surface area contributed by atoms with E-state index >= 15 is 0 Å². The lowest BCUT2D eigenvalue weighted by Gasteiger charge is -2.34. The van der Waals surface area contributed by atoms with E-state index in [0.717, 1.165) is 24.3 Å². The van der Waals surface area contributed by atoms with Gasteiger partial charge in [0.2, 0.25) is 5.91 Å². The smallest absolute Gasteiger partial charge is 0.245 e. The number of aromatic nitrogens is 1. The number of nitrogens with zero attached hydrogens (tertiary/aromatic N) is 2. The number of carbonyl (C=O) groups excluding carboxylic acids is 1. The van der Waals surface area contributed by atoms with Crippen LogP contribution in [0.25, 0.3) is 0 Å². The van der Waals surface area contributed by atoms with Gasteiger partial charge in [-0.1, -0.05) is 19.1 Å². The van der Waals surface area contributed by atoms with Crippen LogP contribution in [0.5, 0.6) is 0 Å². The summed E-state index contributed by atoms with van der Waals surface area (Å²) in [7, 11) is 0. The summed E-state index contributed by atoms with van der Waals surface area (Å²) in [4.78, 5) is 20.0. The van der Waals surface area contributed by atoms with E-state index in [1.54, 1.807) is 0 Å². The van der Waals surface area contributed by atoms with Crippen molar-refractivity contribution in [1.82, 2.24) is 4.98 Å². The summed E-state index contributed by atoms with van der Waals surface area (Å²) in [6, 6.07) is 8.31. The summed E-state index contributed by atoms with van der Waals surface area (Å²) in [5, 5.41) is 6.04. The molecule has 2 aromatic rings. The van der Waals surface area contributed by atoms with Gasteiger partial charge in [0.05, 0.1) is 17.9 Å². The zero-order valence-corrected chi connectivity index (χ0v) is 14.3. The van der Waals surface area contributed by atoms with Gasteiger partial charge in [0.15, 0.2) is 5.13 Å². The molecule has 2 heterocycles. The normalized spacial score (nSPS) is 17.2. The van der Waals surface area contributed by atoms with Gasteiger partial charge in [-0.25, -0.2) is 4.98 Å². The second kappa shape index (κ2) is 6.71. The quantitative estimate of drug-likeness (QED) is 0.925. The van der Waals surface area contributed by atoms with Gasteiger partial charge in [0.25, 0.3) is 0 Å². The first kappa shape index (κ1) is 15.4. The molecule has 4 nitrogen and oxygen atoms in total. The van der Waals surface area contributed by atoms with Gasteiger partial charge in [-0.15, -0.1) is 23.1 Å². The van der Waals surface area contributed by atoms with Crippen molar-refractivity contribution in [2.24, 2.45) is 0 Å². The molecule has 1 aromatic heterocycles. The number of amides is 1. The third-order valence-electron chi connectivity index (χ3n) is 3.58. The maximum Gasteiger partial charge on any atom is 0.245 e. The first-order chi connectivity index (χ1) is 10.7. The van der Waals surface area contributed by atoms with Gasteiger partial charge in [0, 0.05) is 22.1 Å². The maximum atomic E-state index is 12.3. The summed E-state index contributed by atoms with van der Waals surface area (Å²) in [5.41, 5.74) is 2.09. The molecule has 0 bridgehead atoms. The maximum absolute atomic E-state index is 12.3. The Kier molecular flexibility index (Phi) is 4.69. The number of thioether (sulfide) groups is 1. The number of para-hydroxylation sites is 1. The molecule has 22 heavy (non-hydrogen) atoms. The van der Waals surface area contributed by atoms with Crippen molar-refractivity contribution in [2.45, 2.75) is 30.4 Å². The van der Waals surface area contributed by atoms with Crippen molar-refractivity contribution >= 4 is 39.8 Å². The number of fused-ring (bicyclic) bond motifs is 1. The number of anilines is 2. The van der Waals surface area contributed by atoms with Crippen molar-refractivity contribution in [3.63, 3.8) is 0 Å². The molecule has 116 valence electrons. The monoisotopic (exact) mass is 333 g/mol. The van der Waals surface area contributed by atoms with Gasteiger partial charge < -0.3 is 10.2 Å². The highest BCUT2D eigenvalue weighted by Gasteiger charge is 2.25. The fourth-order valence-corrected chi connectivity index (χ4v) is 4.44. The molecule has 1 aromatic carbocycles. The zero-order valence-electron chi connectivity index (χ0n) is 12.7. The molecule has 0 radical (unpaired) electrons. The minimum Gasteiger partial charge on any atom is -0.360 e. The molecular weight excluding hydrogens is 314 g/mol. The van der Waals surface area contributed by atoms with E-state index in [-0.39, 0.29) is 5.91 Å². The summed E-state index contributed by atoms with van der Waals surface area (Å²) in [5.74, 6) is -0.00842. The van der Waals surface area contributed by atoms with Crippen molar-refractivity contribution < 1.29 is 4.79 Å².